The van der Waals surface area contributed by atoms with Crippen molar-refractivity contribution in [1.82, 2.24) is 4.98 Å². The second kappa shape index (κ2) is 10.0. The zero-order valence-electron chi connectivity index (χ0n) is 17.3. The first-order valence-electron chi connectivity index (χ1n) is 10.5. The molecule has 29 heavy (non-hydrogen) atoms. The molecule has 0 aliphatic rings. The van der Waals surface area contributed by atoms with Crippen LogP contribution in [0.2, 0.25) is 0 Å². The van der Waals surface area contributed by atoms with Crippen molar-refractivity contribution in [3.8, 4) is 22.4 Å². The molecule has 1 atom stereocenters. The summed E-state index contributed by atoms with van der Waals surface area (Å²) in [7, 11) is 0. The minimum Gasteiger partial charge on any atom is -0.481 e. The molecular formula is C26H29NO2. The van der Waals surface area contributed by atoms with Gasteiger partial charge in [-0.25, -0.2) is 0 Å². The number of rotatable bonds is 9. The topological polar surface area (TPSA) is 50.2 Å². The number of hydrogen-bond donors (Lipinski definition) is 1. The molecule has 1 N–H and O–H groups in total. The highest BCUT2D eigenvalue weighted by Gasteiger charge is 2.17. The van der Waals surface area contributed by atoms with Crippen molar-refractivity contribution in [3.63, 3.8) is 0 Å². The summed E-state index contributed by atoms with van der Waals surface area (Å²) in [6, 6.07) is 20.5. The number of hydrogen-bond acceptors (Lipinski definition) is 2. The monoisotopic (exact) mass is 387 g/mol. The third-order valence-corrected chi connectivity index (χ3v) is 5.43. The number of carbonyl (C=O) groups is 1. The molecule has 3 rings (SSSR count). The van der Waals surface area contributed by atoms with E-state index in [2.05, 4.69) is 48.3 Å². The molecule has 1 heterocycles. The number of pyridine rings is 1. The quantitative estimate of drug-likeness (QED) is 0.414. The van der Waals surface area contributed by atoms with Crippen molar-refractivity contribution in [1.29, 1.82) is 0 Å². The van der Waals surface area contributed by atoms with Crippen LogP contribution in [0.4, 0.5) is 0 Å². The zero-order chi connectivity index (χ0) is 20.6. The van der Waals surface area contributed by atoms with E-state index in [4.69, 9.17) is 0 Å². The molecule has 0 aliphatic heterocycles. The lowest BCUT2D eigenvalue weighted by Gasteiger charge is -2.11. The van der Waals surface area contributed by atoms with Crippen molar-refractivity contribution >= 4 is 5.97 Å². The van der Waals surface area contributed by atoms with E-state index >= 15 is 0 Å². The second-order valence-electron chi connectivity index (χ2n) is 7.51. The predicted molar refractivity (Wildman–Crippen MR) is 119 cm³/mol. The Hall–Kier alpha value is -2.94. The predicted octanol–water partition coefficient (Wildman–Crippen LogP) is 6.73. The van der Waals surface area contributed by atoms with Gasteiger partial charge in [0.05, 0.1) is 11.6 Å². The summed E-state index contributed by atoms with van der Waals surface area (Å²) in [4.78, 5) is 16.0. The maximum Gasteiger partial charge on any atom is 0.310 e. The van der Waals surface area contributed by atoms with Crippen LogP contribution in [0.25, 0.3) is 22.4 Å². The molecule has 0 saturated heterocycles. The number of aromatic nitrogens is 1. The number of aryl methyl sites for hydroxylation is 1. The SMILES string of the molecule is CCCCCc1ccc(-c2ccc(-c3ccc(C(CC)C(=O)O)cc3)cc2)nc1. The van der Waals surface area contributed by atoms with E-state index in [-0.39, 0.29) is 0 Å². The fourth-order valence-electron chi connectivity index (χ4n) is 3.62. The molecule has 150 valence electrons. The Morgan fingerprint density at radius 2 is 1.48 bits per heavy atom. The highest BCUT2D eigenvalue weighted by molar-refractivity contribution is 5.76. The fourth-order valence-corrected chi connectivity index (χ4v) is 3.62. The first-order valence-corrected chi connectivity index (χ1v) is 10.5. The number of nitrogens with zero attached hydrogens (tertiary/aromatic N) is 1. The Morgan fingerprint density at radius 3 is 2.00 bits per heavy atom. The van der Waals surface area contributed by atoms with Crippen LogP contribution in [-0.2, 0) is 11.2 Å². The van der Waals surface area contributed by atoms with Crippen LogP contribution in [0.3, 0.4) is 0 Å². The maximum atomic E-state index is 11.3. The molecule has 0 fully saturated rings. The van der Waals surface area contributed by atoms with E-state index in [1.807, 2.05) is 37.4 Å². The van der Waals surface area contributed by atoms with E-state index in [0.29, 0.717) is 6.42 Å². The minimum atomic E-state index is -0.770. The molecule has 1 unspecified atom stereocenters. The summed E-state index contributed by atoms with van der Waals surface area (Å²) in [6.07, 6.45) is 7.39. The molecule has 0 saturated carbocycles. The Kier molecular flexibility index (Phi) is 7.18. The van der Waals surface area contributed by atoms with Gasteiger partial charge in [-0.3, -0.25) is 9.78 Å². The van der Waals surface area contributed by atoms with Crippen LogP contribution in [0, 0.1) is 0 Å². The van der Waals surface area contributed by atoms with Crippen LogP contribution in [0.5, 0.6) is 0 Å². The molecule has 2 aromatic carbocycles. The van der Waals surface area contributed by atoms with Gasteiger partial charge in [0, 0.05) is 11.8 Å². The van der Waals surface area contributed by atoms with Gasteiger partial charge in [0.2, 0.25) is 0 Å². The summed E-state index contributed by atoms with van der Waals surface area (Å²) in [6.45, 7) is 4.12. The molecule has 0 bridgehead atoms. The number of aliphatic carboxylic acids is 1. The van der Waals surface area contributed by atoms with Gasteiger partial charge in [-0.15, -0.1) is 0 Å². The lowest BCUT2D eigenvalue weighted by molar-refractivity contribution is -0.138. The van der Waals surface area contributed by atoms with Crippen LogP contribution in [0.15, 0.2) is 66.9 Å². The van der Waals surface area contributed by atoms with Gasteiger partial charge < -0.3 is 5.11 Å². The summed E-state index contributed by atoms with van der Waals surface area (Å²) in [5.74, 6) is -1.21. The Bertz CT molecular complexity index is 912. The normalized spacial score (nSPS) is 11.9. The molecule has 0 aliphatic carbocycles. The van der Waals surface area contributed by atoms with E-state index in [1.165, 1.54) is 24.8 Å². The standard InChI is InChI=1S/C26H29NO2/c1-3-5-6-7-19-8-17-25(27-18-19)23-15-11-21(12-16-23)20-9-13-22(14-10-20)24(4-2)26(28)29/h8-18,24H,3-7H2,1-2H3,(H,28,29). The van der Waals surface area contributed by atoms with E-state index in [1.54, 1.807) is 0 Å². The second-order valence-corrected chi connectivity index (χ2v) is 7.51. The van der Waals surface area contributed by atoms with Crippen LogP contribution in [-0.4, -0.2) is 16.1 Å². The number of carboxylic acid groups (broad SMARTS) is 1. The lowest BCUT2D eigenvalue weighted by Crippen LogP contribution is -2.10. The van der Waals surface area contributed by atoms with Gasteiger partial charge in [-0.2, -0.15) is 0 Å². The zero-order valence-corrected chi connectivity index (χ0v) is 17.3. The average molecular weight is 388 g/mol. The molecule has 3 nitrogen and oxygen atoms in total. The number of carboxylic acids is 1. The summed E-state index contributed by atoms with van der Waals surface area (Å²) in [5.41, 5.74) is 6.43. The van der Waals surface area contributed by atoms with E-state index in [9.17, 15) is 9.90 Å². The summed E-state index contributed by atoms with van der Waals surface area (Å²) < 4.78 is 0. The smallest absolute Gasteiger partial charge is 0.310 e. The highest BCUT2D eigenvalue weighted by Crippen LogP contribution is 2.27. The molecule has 0 spiro atoms. The van der Waals surface area contributed by atoms with Crippen molar-refractivity contribution in [2.75, 3.05) is 0 Å². The highest BCUT2D eigenvalue weighted by atomic mass is 16.4. The molecule has 0 radical (unpaired) electrons. The molecule has 3 heteroatoms. The largest absolute Gasteiger partial charge is 0.481 e. The fraction of sp³-hybridized carbons (Fsp3) is 0.308. The Morgan fingerprint density at radius 1 is 0.862 bits per heavy atom. The van der Waals surface area contributed by atoms with E-state index in [0.717, 1.165) is 34.4 Å². The van der Waals surface area contributed by atoms with Crippen LogP contribution >= 0.6 is 0 Å². The maximum absolute atomic E-state index is 11.3. The number of unbranched alkanes of at least 4 members (excludes halogenated alkanes) is 2. The van der Waals surface area contributed by atoms with Gasteiger partial charge in [0.15, 0.2) is 0 Å². The van der Waals surface area contributed by atoms with Gasteiger partial charge in [-0.05, 0) is 47.6 Å². The first kappa shape index (κ1) is 20.8. The van der Waals surface area contributed by atoms with Gasteiger partial charge in [0.1, 0.15) is 0 Å². The average Bonchev–Trinajstić information content (AvgIpc) is 2.75. The van der Waals surface area contributed by atoms with Crippen molar-refractivity contribution < 1.29 is 9.90 Å². The minimum absolute atomic E-state index is 0.442. The third-order valence-electron chi connectivity index (χ3n) is 5.43. The van der Waals surface area contributed by atoms with Gasteiger partial charge in [-0.1, -0.05) is 81.3 Å². The van der Waals surface area contributed by atoms with Gasteiger partial charge >= 0.3 is 5.97 Å². The molecular weight excluding hydrogens is 358 g/mol. The molecule has 3 aromatic rings. The van der Waals surface area contributed by atoms with Gasteiger partial charge in [0.25, 0.3) is 0 Å². The van der Waals surface area contributed by atoms with Crippen LogP contribution in [0.1, 0.15) is 56.6 Å². The number of benzene rings is 2. The lowest BCUT2D eigenvalue weighted by atomic mass is 9.94. The van der Waals surface area contributed by atoms with Crippen LogP contribution < -0.4 is 0 Å². The molecule has 0 amide bonds. The van der Waals surface area contributed by atoms with Crippen molar-refractivity contribution in [2.45, 2.75) is 51.9 Å². The summed E-state index contributed by atoms with van der Waals surface area (Å²) >= 11 is 0. The summed E-state index contributed by atoms with van der Waals surface area (Å²) in [5, 5.41) is 9.32. The molecule has 1 aromatic heterocycles. The van der Waals surface area contributed by atoms with E-state index < -0.39 is 11.9 Å². The Labute approximate surface area is 173 Å². The first-order chi connectivity index (χ1) is 14.1. The third kappa shape index (κ3) is 5.32. The van der Waals surface area contributed by atoms with Crippen molar-refractivity contribution in [3.05, 3.63) is 78.0 Å². The Balaban J connectivity index is 1.70. The van der Waals surface area contributed by atoms with Crippen molar-refractivity contribution in [2.24, 2.45) is 0 Å².